The summed E-state index contributed by atoms with van der Waals surface area (Å²) in [6.07, 6.45) is 0.118. The highest BCUT2D eigenvalue weighted by Crippen LogP contribution is 2.15. The number of amides is 4. The first kappa shape index (κ1) is 20.3. The van der Waals surface area contributed by atoms with Crippen LogP contribution in [0, 0.1) is 0 Å². The largest absolute Gasteiger partial charge is 0.352 e. The summed E-state index contributed by atoms with van der Waals surface area (Å²) in [6, 6.07) is 13.0. The first-order valence-electron chi connectivity index (χ1n) is 8.46. The van der Waals surface area contributed by atoms with Gasteiger partial charge in [-0.15, -0.1) is 0 Å². The van der Waals surface area contributed by atoms with Crippen molar-refractivity contribution >= 4 is 40.8 Å². The zero-order valence-electron chi connectivity index (χ0n) is 14.8. The van der Waals surface area contributed by atoms with Crippen LogP contribution < -0.4 is 21.3 Å². The summed E-state index contributed by atoms with van der Waals surface area (Å²) in [7, 11) is 0. The molecule has 142 valence electrons. The van der Waals surface area contributed by atoms with Gasteiger partial charge in [-0.25, -0.2) is 4.79 Å². The predicted octanol–water partition coefficient (Wildman–Crippen LogP) is 3.24. The molecule has 0 spiro atoms. The van der Waals surface area contributed by atoms with Crippen molar-refractivity contribution < 1.29 is 14.4 Å². The van der Waals surface area contributed by atoms with Gasteiger partial charge in [-0.2, -0.15) is 0 Å². The summed E-state index contributed by atoms with van der Waals surface area (Å²) in [5.41, 5.74) is 1.59. The number of nitrogens with one attached hydrogen (secondary N) is 4. The molecule has 0 heterocycles. The van der Waals surface area contributed by atoms with Gasteiger partial charge in [0.15, 0.2) is 0 Å². The highest BCUT2D eigenvalue weighted by Gasteiger charge is 2.08. The van der Waals surface area contributed by atoms with Crippen LogP contribution in [0.4, 0.5) is 16.2 Å². The van der Waals surface area contributed by atoms with Crippen molar-refractivity contribution in [2.75, 3.05) is 23.7 Å². The first-order valence-corrected chi connectivity index (χ1v) is 8.84. The molecule has 2 aromatic carbocycles. The second-order valence-electron chi connectivity index (χ2n) is 5.63. The highest BCUT2D eigenvalue weighted by molar-refractivity contribution is 6.30. The van der Waals surface area contributed by atoms with Gasteiger partial charge in [0.05, 0.1) is 0 Å². The third kappa shape index (κ3) is 6.99. The Morgan fingerprint density at radius 2 is 1.59 bits per heavy atom. The van der Waals surface area contributed by atoms with Crippen LogP contribution in [0.1, 0.15) is 23.7 Å². The molecule has 27 heavy (non-hydrogen) atoms. The molecule has 0 aliphatic heterocycles. The lowest BCUT2D eigenvalue weighted by Crippen LogP contribution is -2.28. The molecule has 0 saturated carbocycles. The standard InChI is InChI=1S/C19H21ClN4O3/c1-2-21-19(27)24-16-5-3-4-15(12-16)23-17(25)10-11-22-18(26)13-6-8-14(20)9-7-13/h3-9,12H,2,10-11H2,1H3,(H,22,26)(H,23,25)(H2,21,24,27). The van der Waals surface area contributed by atoms with Gasteiger partial charge < -0.3 is 21.3 Å². The van der Waals surface area contributed by atoms with Crippen LogP contribution in [-0.4, -0.2) is 30.9 Å². The molecule has 0 unspecified atom stereocenters. The lowest BCUT2D eigenvalue weighted by Gasteiger charge is -2.09. The Morgan fingerprint density at radius 3 is 2.26 bits per heavy atom. The van der Waals surface area contributed by atoms with Gasteiger partial charge in [0.2, 0.25) is 5.91 Å². The molecule has 4 amide bonds. The zero-order valence-corrected chi connectivity index (χ0v) is 15.6. The maximum atomic E-state index is 12.0. The van der Waals surface area contributed by atoms with Crippen molar-refractivity contribution in [1.29, 1.82) is 0 Å². The Kier molecular flexibility index (Phi) is 7.63. The minimum Gasteiger partial charge on any atom is -0.352 e. The molecule has 4 N–H and O–H groups in total. The van der Waals surface area contributed by atoms with Crippen LogP contribution >= 0.6 is 11.6 Å². The number of urea groups is 1. The summed E-state index contributed by atoms with van der Waals surface area (Å²) >= 11 is 5.78. The van der Waals surface area contributed by atoms with Crippen LogP contribution in [-0.2, 0) is 4.79 Å². The number of rotatable bonds is 7. The van der Waals surface area contributed by atoms with Gasteiger partial charge in [-0.1, -0.05) is 17.7 Å². The normalized spacial score (nSPS) is 10.0. The smallest absolute Gasteiger partial charge is 0.319 e. The fourth-order valence-electron chi connectivity index (χ4n) is 2.23. The molecular formula is C19H21ClN4O3. The first-order chi connectivity index (χ1) is 13.0. The summed E-state index contributed by atoms with van der Waals surface area (Å²) in [5, 5.41) is 11.3. The molecule has 0 aliphatic carbocycles. The van der Waals surface area contributed by atoms with E-state index in [2.05, 4.69) is 21.3 Å². The third-order valence-electron chi connectivity index (χ3n) is 3.49. The molecule has 0 fully saturated rings. The fraction of sp³-hybridized carbons (Fsp3) is 0.211. The SMILES string of the molecule is CCNC(=O)Nc1cccc(NC(=O)CCNC(=O)c2ccc(Cl)cc2)c1. The quantitative estimate of drug-likeness (QED) is 0.585. The highest BCUT2D eigenvalue weighted by atomic mass is 35.5. The van der Waals surface area contributed by atoms with Crippen molar-refractivity contribution in [2.24, 2.45) is 0 Å². The Morgan fingerprint density at radius 1 is 0.926 bits per heavy atom. The van der Waals surface area contributed by atoms with E-state index in [4.69, 9.17) is 11.6 Å². The van der Waals surface area contributed by atoms with E-state index in [1.165, 1.54) is 0 Å². The average Bonchev–Trinajstić information content (AvgIpc) is 2.62. The molecule has 0 aromatic heterocycles. The molecule has 2 rings (SSSR count). The predicted molar refractivity (Wildman–Crippen MR) is 106 cm³/mol. The number of benzene rings is 2. The van der Waals surface area contributed by atoms with Gasteiger partial charge >= 0.3 is 6.03 Å². The summed E-state index contributed by atoms with van der Waals surface area (Å²) in [5.74, 6) is -0.519. The van der Waals surface area contributed by atoms with Crippen LogP contribution in [0.15, 0.2) is 48.5 Å². The van der Waals surface area contributed by atoms with Gasteiger partial charge in [-0.3, -0.25) is 9.59 Å². The van der Waals surface area contributed by atoms with E-state index in [9.17, 15) is 14.4 Å². The topological polar surface area (TPSA) is 99.3 Å². The van der Waals surface area contributed by atoms with Crippen LogP contribution in [0.5, 0.6) is 0 Å². The molecular weight excluding hydrogens is 368 g/mol. The van der Waals surface area contributed by atoms with Gasteiger partial charge in [0.1, 0.15) is 0 Å². The van der Waals surface area contributed by atoms with Crippen molar-refractivity contribution in [3.8, 4) is 0 Å². The van der Waals surface area contributed by atoms with Crippen molar-refractivity contribution in [3.63, 3.8) is 0 Å². The van der Waals surface area contributed by atoms with Crippen molar-refractivity contribution in [1.82, 2.24) is 10.6 Å². The summed E-state index contributed by atoms with van der Waals surface area (Å²) < 4.78 is 0. The Balaban J connectivity index is 1.79. The Bertz CT molecular complexity index is 809. The number of carbonyl (C=O) groups excluding carboxylic acids is 3. The number of halogens is 1. The fourth-order valence-corrected chi connectivity index (χ4v) is 2.35. The van der Waals surface area contributed by atoms with Gasteiger partial charge in [0, 0.05) is 41.5 Å². The van der Waals surface area contributed by atoms with Crippen LogP contribution in [0.3, 0.4) is 0 Å². The van der Waals surface area contributed by atoms with E-state index in [-0.39, 0.29) is 30.8 Å². The molecule has 0 radical (unpaired) electrons. The van der Waals surface area contributed by atoms with Gasteiger partial charge in [0.25, 0.3) is 5.91 Å². The molecule has 0 aliphatic rings. The van der Waals surface area contributed by atoms with E-state index in [1.807, 2.05) is 6.92 Å². The summed E-state index contributed by atoms with van der Waals surface area (Å²) in [6.45, 7) is 2.54. The molecule has 7 nitrogen and oxygen atoms in total. The van der Waals surface area contributed by atoms with E-state index >= 15 is 0 Å². The minimum atomic E-state index is -0.314. The number of hydrogen-bond acceptors (Lipinski definition) is 3. The van der Waals surface area contributed by atoms with Crippen molar-refractivity contribution in [3.05, 3.63) is 59.1 Å². The van der Waals surface area contributed by atoms with E-state index in [0.29, 0.717) is 28.5 Å². The second kappa shape index (κ2) is 10.2. The van der Waals surface area contributed by atoms with E-state index < -0.39 is 0 Å². The Hall–Kier alpha value is -3.06. The third-order valence-corrected chi connectivity index (χ3v) is 3.74. The average molecular weight is 389 g/mol. The maximum Gasteiger partial charge on any atom is 0.319 e. The van der Waals surface area contributed by atoms with Crippen molar-refractivity contribution in [2.45, 2.75) is 13.3 Å². The van der Waals surface area contributed by atoms with E-state index in [0.717, 1.165) is 0 Å². The van der Waals surface area contributed by atoms with E-state index in [1.54, 1.807) is 48.5 Å². The maximum absolute atomic E-state index is 12.0. The lowest BCUT2D eigenvalue weighted by atomic mass is 10.2. The molecule has 0 bridgehead atoms. The molecule has 2 aromatic rings. The lowest BCUT2D eigenvalue weighted by molar-refractivity contribution is -0.116. The number of anilines is 2. The van der Waals surface area contributed by atoms with Crippen LogP contribution in [0.25, 0.3) is 0 Å². The van der Waals surface area contributed by atoms with Gasteiger partial charge in [-0.05, 0) is 49.4 Å². The molecule has 0 saturated heterocycles. The second-order valence-corrected chi connectivity index (χ2v) is 6.06. The number of carbonyl (C=O) groups is 3. The summed E-state index contributed by atoms with van der Waals surface area (Å²) in [4.78, 5) is 35.5. The molecule has 0 atom stereocenters. The van der Waals surface area contributed by atoms with Crippen LogP contribution in [0.2, 0.25) is 5.02 Å². The molecule has 8 heteroatoms. The zero-order chi connectivity index (χ0) is 19.6. The Labute approximate surface area is 162 Å². The minimum absolute atomic E-state index is 0.118. The number of hydrogen-bond donors (Lipinski definition) is 4. The monoisotopic (exact) mass is 388 g/mol.